The summed E-state index contributed by atoms with van der Waals surface area (Å²) in [5, 5.41) is 0.866. The van der Waals surface area contributed by atoms with Crippen molar-refractivity contribution in [3.63, 3.8) is 0 Å². The molecule has 1 N–H and O–H groups in total. The number of thiazole rings is 1. The monoisotopic (exact) mass is 624 g/mol. The number of halogens is 3. The van der Waals surface area contributed by atoms with E-state index in [0.717, 1.165) is 45.0 Å². The second-order valence-corrected chi connectivity index (χ2v) is 15.5. The molecule has 2 aliphatic heterocycles. The van der Waals surface area contributed by atoms with Gasteiger partial charge in [0.25, 0.3) is 10.2 Å². The van der Waals surface area contributed by atoms with Crippen LogP contribution in [0.5, 0.6) is 0 Å². The van der Waals surface area contributed by atoms with Crippen molar-refractivity contribution in [1.82, 2.24) is 18.9 Å². The Kier molecular flexibility index (Phi) is 7.26. The molecule has 1 spiro atoms. The van der Waals surface area contributed by atoms with Crippen LogP contribution in [0.1, 0.15) is 56.0 Å². The number of rotatable bonds is 3. The number of nitrogens with zero attached hydrogens (tertiary/aromatic N) is 3. The molecule has 6 rings (SSSR count). The quantitative estimate of drug-likeness (QED) is 0.493. The van der Waals surface area contributed by atoms with Crippen LogP contribution in [0.25, 0.3) is 16.1 Å². The first-order valence-electron chi connectivity index (χ1n) is 14.2. The van der Waals surface area contributed by atoms with E-state index in [1.807, 2.05) is 39.1 Å². The van der Waals surface area contributed by atoms with Gasteiger partial charge in [0.1, 0.15) is 17.2 Å². The van der Waals surface area contributed by atoms with Crippen molar-refractivity contribution in [2.45, 2.75) is 70.2 Å². The highest BCUT2D eigenvalue weighted by atomic mass is 32.2. The maximum atomic E-state index is 13.2. The van der Waals surface area contributed by atoms with Gasteiger partial charge in [-0.05, 0) is 87.5 Å². The van der Waals surface area contributed by atoms with Crippen LogP contribution in [0.2, 0.25) is 0 Å². The lowest BCUT2D eigenvalue weighted by Crippen LogP contribution is -2.52. The average molecular weight is 625 g/mol. The summed E-state index contributed by atoms with van der Waals surface area (Å²) >= 11 is 1.59. The van der Waals surface area contributed by atoms with Gasteiger partial charge in [-0.1, -0.05) is 18.2 Å². The first-order chi connectivity index (χ1) is 19.6. The number of benzene rings is 1. The van der Waals surface area contributed by atoms with Crippen LogP contribution in [0, 0.1) is 11.8 Å². The third kappa shape index (κ3) is 5.72. The Morgan fingerprint density at radius 1 is 1.17 bits per heavy atom. The smallest absolute Gasteiger partial charge is 0.410 e. The van der Waals surface area contributed by atoms with Crippen LogP contribution in [-0.2, 0) is 27.8 Å². The summed E-state index contributed by atoms with van der Waals surface area (Å²) in [5.74, 6) is -0.147. The van der Waals surface area contributed by atoms with Crippen molar-refractivity contribution in [2.75, 3.05) is 26.2 Å². The predicted molar refractivity (Wildman–Crippen MR) is 154 cm³/mol. The van der Waals surface area contributed by atoms with Gasteiger partial charge in [0.05, 0.1) is 10.4 Å². The third-order valence-electron chi connectivity index (χ3n) is 8.84. The number of carbonyl (C=O) groups excluding carboxylic acids is 1. The number of fused-ring (bicyclic) bond motifs is 1. The molecule has 2 fully saturated rings. The van der Waals surface area contributed by atoms with Crippen LogP contribution >= 0.6 is 11.3 Å². The highest BCUT2D eigenvalue weighted by Crippen LogP contribution is 2.51. The Morgan fingerprint density at radius 3 is 2.52 bits per heavy atom. The Balaban J connectivity index is 1.19. The van der Waals surface area contributed by atoms with Crippen molar-refractivity contribution in [3.8, 4) is 10.6 Å². The minimum Gasteiger partial charge on any atom is -0.444 e. The number of nitrogens with one attached hydrogen (secondary N) is 1. The van der Waals surface area contributed by atoms with Crippen molar-refractivity contribution >= 4 is 33.2 Å². The summed E-state index contributed by atoms with van der Waals surface area (Å²) in [6, 6.07) is 6.21. The van der Waals surface area contributed by atoms with E-state index in [2.05, 4.69) is 21.8 Å². The Morgan fingerprint density at radius 2 is 1.88 bits per heavy atom. The van der Waals surface area contributed by atoms with Gasteiger partial charge < -0.3 is 9.64 Å². The summed E-state index contributed by atoms with van der Waals surface area (Å²) in [6.07, 6.45) is 2.48. The van der Waals surface area contributed by atoms with Gasteiger partial charge in [0.15, 0.2) is 0 Å². The molecule has 228 valence electrons. The van der Waals surface area contributed by atoms with Crippen LogP contribution in [0.15, 0.2) is 30.5 Å². The van der Waals surface area contributed by atoms with Gasteiger partial charge in [0, 0.05) is 31.4 Å². The van der Waals surface area contributed by atoms with E-state index >= 15 is 0 Å². The maximum Gasteiger partial charge on any atom is 0.410 e. The maximum absolute atomic E-state index is 13.2. The van der Waals surface area contributed by atoms with Crippen LogP contribution < -0.4 is 4.72 Å². The standard InChI is InChI=1S/C29H35F3N4O4S2/c1-27(2,3)40-26(37)35-10-8-18(9-11-35)24-15-33-25(41-24)20-5-4-19-13-22-6-7-23(14-21(19)12-20)28(22)16-36(17-29(30,31)32)42(38,39)34-28/h4-5,8,12,15,22-23,34H,6-7,9-11,13-14,16-17H2,1-3H3/t22-,23+,28+/m0/s1. The number of hydrogen-bond donors (Lipinski definition) is 1. The van der Waals surface area contributed by atoms with Crippen molar-refractivity contribution in [2.24, 2.45) is 11.8 Å². The molecular weight excluding hydrogens is 589 g/mol. The molecule has 1 saturated heterocycles. The molecule has 1 saturated carbocycles. The molecule has 13 heteroatoms. The lowest BCUT2D eigenvalue weighted by molar-refractivity contribution is -0.136. The number of hydrogen-bond acceptors (Lipinski definition) is 6. The van der Waals surface area contributed by atoms with E-state index in [0.29, 0.717) is 36.7 Å². The Bertz CT molecular complexity index is 1530. The molecule has 2 aromatic rings. The summed E-state index contributed by atoms with van der Waals surface area (Å²) in [5.41, 5.74) is 2.90. The molecule has 1 amide bonds. The van der Waals surface area contributed by atoms with Crippen molar-refractivity contribution in [1.29, 1.82) is 0 Å². The fraction of sp³-hybridized carbons (Fsp3) is 0.586. The molecule has 1 aromatic heterocycles. The van der Waals surface area contributed by atoms with E-state index in [1.54, 1.807) is 16.2 Å². The number of aromatic nitrogens is 1. The second kappa shape index (κ2) is 10.3. The van der Waals surface area contributed by atoms with Gasteiger partial charge in [-0.3, -0.25) is 0 Å². The summed E-state index contributed by atoms with van der Waals surface area (Å²) < 4.78 is 73.8. The normalized spacial score (nSPS) is 27.6. The molecule has 8 nitrogen and oxygen atoms in total. The minimum absolute atomic E-state index is 0.0624. The van der Waals surface area contributed by atoms with Gasteiger partial charge in [-0.2, -0.15) is 30.6 Å². The largest absolute Gasteiger partial charge is 0.444 e. The molecule has 2 bridgehead atoms. The molecule has 0 radical (unpaired) electrons. The average Bonchev–Trinajstić information content (AvgIpc) is 3.52. The lowest BCUT2D eigenvalue weighted by Gasteiger charge is -2.33. The van der Waals surface area contributed by atoms with Gasteiger partial charge in [0.2, 0.25) is 0 Å². The SMILES string of the molecule is CC(C)(C)OC(=O)N1CC=C(c2cnc(-c3ccc4c(c3)C[C@H]3CC[C@@H](C4)[C@]34CN(CC(F)(F)F)S(=O)(=O)N4)s2)CC1. The lowest BCUT2D eigenvalue weighted by atomic mass is 9.79. The molecule has 3 heterocycles. The molecule has 1 aromatic carbocycles. The Hall–Kier alpha value is -2.48. The summed E-state index contributed by atoms with van der Waals surface area (Å²) in [6.45, 7) is 4.97. The molecule has 3 atom stereocenters. The van der Waals surface area contributed by atoms with Gasteiger partial charge in [-0.25, -0.2) is 9.78 Å². The molecule has 4 aliphatic rings. The van der Waals surface area contributed by atoms with E-state index in [1.165, 1.54) is 0 Å². The number of alkyl halides is 3. The number of carbonyl (C=O) groups is 1. The first-order valence-corrected chi connectivity index (χ1v) is 16.5. The van der Waals surface area contributed by atoms with Crippen LogP contribution in [0.3, 0.4) is 0 Å². The fourth-order valence-corrected chi connectivity index (χ4v) is 9.61. The summed E-state index contributed by atoms with van der Waals surface area (Å²) in [7, 11) is -4.21. The first kappa shape index (κ1) is 29.6. The highest BCUT2D eigenvalue weighted by molar-refractivity contribution is 7.87. The van der Waals surface area contributed by atoms with Crippen molar-refractivity contribution in [3.05, 3.63) is 46.5 Å². The third-order valence-corrected chi connectivity index (χ3v) is 11.5. The van der Waals surface area contributed by atoms with Crippen molar-refractivity contribution < 1.29 is 31.1 Å². The zero-order valence-electron chi connectivity index (χ0n) is 23.8. The number of ether oxygens (including phenoxy) is 1. The van der Waals surface area contributed by atoms with Crippen LogP contribution in [-0.4, -0.2) is 72.2 Å². The molecule has 42 heavy (non-hydrogen) atoms. The highest BCUT2D eigenvalue weighted by Gasteiger charge is 2.60. The zero-order valence-corrected chi connectivity index (χ0v) is 25.5. The molecule has 0 unspecified atom stereocenters. The van der Waals surface area contributed by atoms with E-state index in [-0.39, 0.29) is 24.5 Å². The number of amides is 1. The zero-order chi connectivity index (χ0) is 30.1. The topological polar surface area (TPSA) is 91.8 Å². The van der Waals surface area contributed by atoms with E-state index < -0.39 is 34.1 Å². The van der Waals surface area contributed by atoms with Gasteiger partial charge >= 0.3 is 12.3 Å². The minimum atomic E-state index is -4.60. The fourth-order valence-electron chi connectivity index (χ4n) is 6.92. The molecule has 2 aliphatic carbocycles. The summed E-state index contributed by atoms with van der Waals surface area (Å²) in [4.78, 5) is 19.8. The van der Waals surface area contributed by atoms with Crippen LogP contribution in [0.4, 0.5) is 18.0 Å². The second-order valence-electron chi connectivity index (χ2n) is 12.8. The molecular formula is C29H35F3N4O4S2. The predicted octanol–water partition coefficient (Wildman–Crippen LogP) is 5.41. The Labute approximate surface area is 248 Å². The van der Waals surface area contributed by atoms with E-state index in [4.69, 9.17) is 4.74 Å². The van der Waals surface area contributed by atoms with Gasteiger partial charge in [-0.15, -0.1) is 11.3 Å². The van der Waals surface area contributed by atoms with E-state index in [9.17, 15) is 26.4 Å².